The fourth-order valence-corrected chi connectivity index (χ4v) is 2.86. The van der Waals surface area contributed by atoms with E-state index in [-0.39, 0.29) is 25.1 Å². The molecule has 0 saturated carbocycles. The number of imide groups is 1. The van der Waals surface area contributed by atoms with Crippen molar-refractivity contribution in [1.82, 2.24) is 15.1 Å². The molecule has 2 rings (SSSR count). The predicted molar refractivity (Wildman–Crippen MR) is 70.6 cm³/mol. The van der Waals surface area contributed by atoms with Gasteiger partial charge in [0.05, 0.1) is 13.2 Å². The maximum Gasteiger partial charge on any atom is 0.325 e. The summed E-state index contributed by atoms with van der Waals surface area (Å²) >= 11 is 0. The molecule has 0 radical (unpaired) electrons. The molecule has 0 aromatic carbocycles. The quantitative estimate of drug-likeness (QED) is 0.698. The summed E-state index contributed by atoms with van der Waals surface area (Å²) in [5.41, 5.74) is -0.713. The molecule has 6 heteroatoms. The second-order valence-corrected chi connectivity index (χ2v) is 5.39. The summed E-state index contributed by atoms with van der Waals surface area (Å²) in [4.78, 5) is 27.6. The van der Waals surface area contributed by atoms with Crippen molar-refractivity contribution in [3.63, 3.8) is 0 Å². The molecular weight excluding hydrogens is 246 g/mol. The van der Waals surface area contributed by atoms with Gasteiger partial charge in [-0.25, -0.2) is 4.79 Å². The minimum Gasteiger partial charge on any atom is -0.395 e. The van der Waals surface area contributed by atoms with Gasteiger partial charge < -0.3 is 15.3 Å². The van der Waals surface area contributed by atoms with Crippen LogP contribution in [0.25, 0.3) is 0 Å². The lowest BCUT2D eigenvalue weighted by Crippen LogP contribution is -2.55. The average molecular weight is 269 g/mol. The Labute approximate surface area is 113 Å². The van der Waals surface area contributed by atoms with Crippen LogP contribution < -0.4 is 5.32 Å². The van der Waals surface area contributed by atoms with Gasteiger partial charge in [-0.1, -0.05) is 13.3 Å². The number of carbonyl (C=O) groups excluding carboxylic acids is 2. The van der Waals surface area contributed by atoms with Gasteiger partial charge in [-0.2, -0.15) is 0 Å². The third kappa shape index (κ3) is 2.74. The third-order valence-corrected chi connectivity index (χ3v) is 4.11. The summed E-state index contributed by atoms with van der Waals surface area (Å²) in [6.45, 7) is 4.83. The SMILES string of the molecule is CCCCN1CCC2(CC1)NC(=O)N(CCO)C2=O. The van der Waals surface area contributed by atoms with Gasteiger partial charge in [0.2, 0.25) is 0 Å². The normalized spacial score (nSPS) is 23.2. The summed E-state index contributed by atoms with van der Waals surface area (Å²) in [6.07, 6.45) is 3.68. The zero-order valence-electron chi connectivity index (χ0n) is 11.5. The van der Waals surface area contributed by atoms with Crippen LogP contribution in [0.3, 0.4) is 0 Å². The van der Waals surface area contributed by atoms with E-state index < -0.39 is 5.54 Å². The highest BCUT2D eigenvalue weighted by atomic mass is 16.3. The molecule has 2 aliphatic heterocycles. The Morgan fingerprint density at radius 1 is 1.26 bits per heavy atom. The van der Waals surface area contributed by atoms with Crippen molar-refractivity contribution in [2.45, 2.75) is 38.1 Å². The van der Waals surface area contributed by atoms with E-state index in [2.05, 4.69) is 17.1 Å². The van der Waals surface area contributed by atoms with Crippen LogP contribution in [-0.2, 0) is 4.79 Å². The van der Waals surface area contributed by atoms with Crippen LogP contribution >= 0.6 is 0 Å². The lowest BCUT2D eigenvalue weighted by molar-refractivity contribution is -0.133. The van der Waals surface area contributed by atoms with Crippen LogP contribution in [0.2, 0.25) is 0 Å². The van der Waals surface area contributed by atoms with E-state index in [1.165, 1.54) is 12.8 Å². The molecule has 108 valence electrons. The van der Waals surface area contributed by atoms with Crippen molar-refractivity contribution in [2.75, 3.05) is 32.8 Å². The molecule has 2 heterocycles. The fourth-order valence-electron chi connectivity index (χ4n) is 2.86. The van der Waals surface area contributed by atoms with Gasteiger partial charge in [0.1, 0.15) is 5.54 Å². The number of aliphatic hydroxyl groups excluding tert-OH is 1. The lowest BCUT2D eigenvalue weighted by Gasteiger charge is -2.37. The number of hydrogen-bond acceptors (Lipinski definition) is 4. The number of rotatable bonds is 5. The van der Waals surface area contributed by atoms with E-state index in [4.69, 9.17) is 5.11 Å². The van der Waals surface area contributed by atoms with Crippen molar-refractivity contribution in [2.24, 2.45) is 0 Å². The minimum atomic E-state index is -0.713. The van der Waals surface area contributed by atoms with E-state index in [9.17, 15) is 9.59 Å². The number of likely N-dealkylation sites (tertiary alicyclic amines) is 1. The van der Waals surface area contributed by atoms with E-state index >= 15 is 0 Å². The van der Waals surface area contributed by atoms with Crippen molar-refractivity contribution in [1.29, 1.82) is 0 Å². The maximum absolute atomic E-state index is 12.3. The molecule has 0 bridgehead atoms. The molecule has 19 heavy (non-hydrogen) atoms. The Balaban J connectivity index is 1.95. The van der Waals surface area contributed by atoms with Crippen molar-refractivity contribution >= 4 is 11.9 Å². The van der Waals surface area contributed by atoms with Crippen molar-refractivity contribution < 1.29 is 14.7 Å². The second-order valence-electron chi connectivity index (χ2n) is 5.39. The number of urea groups is 1. The van der Waals surface area contributed by atoms with Gasteiger partial charge in [-0.05, 0) is 25.8 Å². The maximum atomic E-state index is 12.3. The van der Waals surface area contributed by atoms with E-state index in [1.54, 1.807) is 0 Å². The molecule has 1 spiro atoms. The van der Waals surface area contributed by atoms with Crippen LogP contribution in [0, 0.1) is 0 Å². The summed E-state index contributed by atoms with van der Waals surface area (Å²) in [5.74, 6) is -0.165. The summed E-state index contributed by atoms with van der Waals surface area (Å²) in [5, 5.41) is 11.7. The summed E-state index contributed by atoms with van der Waals surface area (Å²) < 4.78 is 0. The number of β-amino-alcohol motifs (C(OH)–C–C–N with tert-alkyl or cyclic N) is 1. The Morgan fingerprint density at radius 3 is 2.53 bits per heavy atom. The largest absolute Gasteiger partial charge is 0.395 e. The van der Waals surface area contributed by atoms with Gasteiger partial charge in [0, 0.05) is 13.1 Å². The van der Waals surface area contributed by atoms with E-state index in [0.717, 1.165) is 24.5 Å². The summed E-state index contributed by atoms with van der Waals surface area (Å²) in [7, 11) is 0. The summed E-state index contributed by atoms with van der Waals surface area (Å²) in [6, 6.07) is -0.360. The molecule has 2 fully saturated rings. The van der Waals surface area contributed by atoms with Gasteiger partial charge in [0.25, 0.3) is 5.91 Å². The predicted octanol–water partition coefficient (Wildman–Crippen LogP) is 0.165. The number of unbranched alkanes of at least 4 members (excludes halogenated alkanes) is 1. The topological polar surface area (TPSA) is 72.9 Å². The van der Waals surface area contributed by atoms with Crippen LogP contribution in [0.4, 0.5) is 4.79 Å². The van der Waals surface area contributed by atoms with Gasteiger partial charge in [0.15, 0.2) is 0 Å². The molecule has 0 atom stereocenters. The first-order valence-corrected chi connectivity index (χ1v) is 7.10. The van der Waals surface area contributed by atoms with Crippen molar-refractivity contribution in [3.05, 3.63) is 0 Å². The standard InChI is InChI=1S/C13H23N3O3/c1-2-3-6-15-7-4-13(5-8-15)11(18)16(9-10-17)12(19)14-13/h17H,2-10H2,1H3,(H,14,19). The van der Waals surface area contributed by atoms with Crippen LogP contribution in [-0.4, -0.2) is 65.2 Å². The zero-order chi connectivity index (χ0) is 13.9. The first kappa shape index (κ1) is 14.3. The third-order valence-electron chi connectivity index (χ3n) is 4.11. The molecule has 6 nitrogen and oxygen atoms in total. The number of nitrogens with one attached hydrogen (secondary N) is 1. The van der Waals surface area contributed by atoms with Gasteiger partial charge in [-0.3, -0.25) is 9.69 Å². The molecular formula is C13H23N3O3. The minimum absolute atomic E-state index is 0.0893. The molecule has 0 aromatic heterocycles. The molecule has 0 aromatic rings. The molecule has 0 aliphatic carbocycles. The number of hydrogen-bond donors (Lipinski definition) is 2. The van der Waals surface area contributed by atoms with E-state index in [0.29, 0.717) is 12.8 Å². The number of nitrogens with zero attached hydrogens (tertiary/aromatic N) is 2. The average Bonchev–Trinajstić information content (AvgIpc) is 2.63. The zero-order valence-corrected chi connectivity index (χ0v) is 11.5. The molecule has 2 aliphatic rings. The van der Waals surface area contributed by atoms with Crippen molar-refractivity contribution in [3.8, 4) is 0 Å². The molecule has 2 N–H and O–H groups in total. The fraction of sp³-hybridized carbons (Fsp3) is 0.846. The lowest BCUT2D eigenvalue weighted by atomic mass is 9.87. The Morgan fingerprint density at radius 2 is 1.95 bits per heavy atom. The highest BCUT2D eigenvalue weighted by Crippen LogP contribution is 2.29. The van der Waals surface area contributed by atoms with Gasteiger partial charge in [-0.15, -0.1) is 0 Å². The number of amides is 3. The Kier molecular flexibility index (Phi) is 4.42. The number of piperidine rings is 1. The Bertz CT molecular complexity index is 351. The molecule has 2 saturated heterocycles. The molecule has 0 unspecified atom stereocenters. The first-order valence-electron chi connectivity index (χ1n) is 7.10. The van der Waals surface area contributed by atoms with Crippen LogP contribution in [0.5, 0.6) is 0 Å². The second kappa shape index (κ2) is 5.88. The number of carbonyl (C=O) groups is 2. The van der Waals surface area contributed by atoms with E-state index in [1.807, 2.05) is 0 Å². The Hall–Kier alpha value is -1.14. The highest BCUT2D eigenvalue weighted by molar-refractivity contribution is 6.07. The smallest absolute Gasteiger partial charge is 0.325 e. The molecule has 3 amide bonds. The monoisotopic (exact) mass is 269 g/mol. The van der Waals surface area contributed by atoms with Gasteiger partial charge >= 0.3 is 6.03 Å². The first-order chi connectivity index (χ1) is 9.13. The van der Waals surface area contributed by atoms with Crippen LogP contribution in [0.1, 0.15) is 32.6 Å². The number of aliphatic hydroxyl groups is 1. The van der Waals surface area contributed by atoms with Crippen LogP contribution in [0.15, 0.2) is 0 Å². The highest BCUT2D eigenvalue weighted by Gasteiger charge is 2.51.